The Bertz CT molecular complexity index is 147. The molecule has 0 saturated heterocycles. The zero-order valence-electron chi connectivity index (χ0n) is 8.98. The summed E-state index contributed by atoms with van der Waals surface area (Å²) in [7, 11) is 0. The summed E-state index contributed by atoms with van der Waals surface area (Å²) in [5, 5.41) is 0. The Labute approximate surface area is 77.8 Å². The SMILES string of the molecule is CCCC(C#CC(C)CC)CC. The normalized spacial score (nSPS) is 14.7. The maximum Gasteiger partial charge on any atom is 0.0200 e. The summed E-state index contributed by atoms with van der Waals surface area (Å²) in [4.78, 5) is 0. The highest BCUT2D eigenvalue weighted by Crippen LogP contribution is 2.09. The largest absolute Gasteiger partial charge is 0.0999 e. The van der Waals surface area contributed by atoms with Crippen LogP contribution in [-0.4, -0.2) is 0 Å². The average molecular weight is 166 g/mol. The molecule has 0 heterocycles. The number of rotatable bonds is 4. The molecule has 0 heteroatoms. The van der Waals surface area contributed by atoms with Crippen LogP contribution in [0.1, 0.15) is 53.4 Å². The fourth-order valence-electron chi connectivity index (χ4n) is 1.09. The quantitative estimate of drug-likeness (QED) is 0.556. The van der Waals surface area contributed by atoms with Crippen molar-refractivity contribution in [3.8, 4) is 11.8 Å². The van der Waals surface area contributed by atoms with E-state index in [9.17, 15) is 0 Å². The van der Waals surface area contributed by atoms with Gasteiger partial charge in [0.1, 0.15) is 0 Å². The van der Waals surface area contributed by atoms with E-state index in [-0.39, 0.29) is 0 Å². The molecule has 2 unspecified atom stereocenters. The van der Waals surface area contributed by atoms with Crippen molar-refractivity contribution in [2.45, 2.75) is 53.4 Å². The summed E-state index contributed by atoms with van der Waals surface area (Å²) in [6.45, 7) is 8.85. The molecule has 0 nitrogen and oxygen atoms in total. The second-order valence-corrected chi connectivity index (χ2v) is 3.49. The van der Waals surface area contributed by atoms with Gasteiger partial charge in [0, 0.05) is 11.8 Å². The van der Waals surface area contributed by atoms with Crippen molar-refractivity contribution in [2.24, 2.45) is 11.8 Å². The molecule has 0 fully saturated rings. The van der Waals surface area contributed by atoms with E-state index >= 15 is 0 Å². The second-order valence-electron chi connectivity index (χ2n) is 3.49. The van der Waals surface area contributed by atoms with Gasteiger partial charge in [0.2, 0.25) is 0 Å². The molecule has 0 bridgehead atoms. The van der Waals surface area contributed by atoms with E-state index in [2.05, 4.69) is 39.5 Å². The van der Waals surface area contributed by atoms with Crippen LogP contribution in [0, 0.1) is 23.7 Å². The molecule has 0 aromatic rings. The van der Waals surface area contributed by atoms with Crippen molar-refractivity contribution in [3.63, 3.8) is 0 Å². The Morgan fingerprint density at radius 3 is 2.08 bits per heavy atom. The van der Waals surface area contributed by atoms with Gasteiger partial charge in [-0.15, -0.1) is 0 Å². The van der Waals surface area contributed by atoms with Crippen LogP contribution in [0.5, 0.6) is 0 Å². The molecular weight excluding hydrogens is 144 g/mol. The average Bonchev–Trinajstić information content (AvgIpc) is 2.11. The number of hydrogen-bond acceptors (Lipinski definition) is 0. The zero-order chi connectivity index (χ0) is 9.40. The van der Waals surface area contributed by atoms with Crippen molar-refractivity contribution in [1.82, 2.24) is 0 Å². The van der Waals surface area contributed by atoms with E-state index in [4.69, 9.17) is 0 Å². The third kappa shape index (κ3) is 5.24. The lowest BCUT2D eigenvalue weighted by atomic mass is 10.00. The lowest BCUT2D eigenvalue weighted by Crippen LogP contribution is -1.95. The van der Waals surface area contributed by atoms with E-state index in [1.54, 1.807) is 0 Å². The summed E-state index contributed by atoms with van der Waals surface area (Å²) < 4.78 is 0. The molecule has 12 heavy (non-hydrogen) atoms. The topological polar surface area (TPSA) is 0 Å². The first kappa shape index (κ1) is 11.6. The van der Waals surface area contributed by atoms with Gasteiger partial charge in [0.05, 0.1) is 0 Å². The molecule has 0 N–H and O–H groups in total. The van der Waals surface area contributed by atoms with Gasteiger partial charge in [-0.25, -0.2) is 0 Å². The molecule has 0 spiro atoms. The molecule has 0 saturated carbocycles. The summed E-state index contributed by atoms with van der Waals surface area (Å²) in [6.07, 6.45) is 4.90. The summed E-state index contributed by atoms with van der Waals surface area (Å²) in [6, 6.07) is 0. The Morgan fingerprint density at radius 1 is 1.00 bits per heavy atom. The van der Waals surface area contributed by atoms with Gasteiger partial charge in [-0.3, -0.25) is 0 Å². The van der Waals surface area contributed by atoms with Gasteiger partial charge in [-0.05, 0) is 19.3 Å². The van der Waals surface area contributed by atoms with Gasteiger partial charge in [0.25, 0.3) is 0 Å². The van der Waals surface area contributed by atoms with Crippen molar-refractivity contribution in [2.75, 3.05) is 0 Å². The maximum atomic E-state index is 3.37. The van der Waals surface area contributed by atoms with Gasteiger partial charge < -0.3 is 0 Å². The second kappa shape index (κ2) is 7.22. The van der Waals surface area contributed by atoms with Gasteiger partial charge in [-0.1, -0.05) is 46.0 Å². The van der Waals surface area contributed by atoms with Gasteiger partial charge >= 0.3 is 0 Å². The van der Waals surface area contributed by atoms with E-state index < -0.39 is 0 Å². The monoisotopic (exact) mass is 166 g/mol. The van der Waals surface area contributed by atoms with Crippen LogP contribution in [0.15, 0.2) is 0 Å². The first-order chi connectivity index (χ1) is 5.74. The molecule has 0 aliphatic carbocycles. The Balaban J connectivity index is 3.86. The van der Waals surface area contributed by atoms with Crippen molar-refractivity contribution in [1.29, 1.82) is 0 Å². The Hall–Kier alpha value is -0.440. The zero-order valence-corrected chi connectivity index (χ0v) is 8.98. The van der Waals surface area contributed by atoms with E-state index in [1.807, 2.05) is 0 Å². The van der Waals surface area contributed by atoms with Crippen molar-refractivity contribution >= 4 is 0 Å². The van der Waals surface area contributed by atoms with Crippen LogP contribution in [-0.2, 0) is 0 Å². The molecule has 0 radical (unpaired) electrons. The molecular formula is C12H22. The molecule has 0 aliphatic heterocycles. The molecule has 0 amide bonds. The van der Waals surface area contributed by atoms with Crippen LogP contribution in [0.3, 0.4) is 0 Å². The predicted octanol–water partition coefficient (Wildman–Crippen LogP) is 3.86. The van der Waals surface area contributed by atoms with Crippen LogP contribution < -0.4 is 0 Å². The maximum absolute atomic E-state index is 3.37. The predicted molar refractivity (Wildman–Crippen MR) is 55.9 cm³/mol. The highest BCUT2D eigenvalue weighted by atomic mass is 14.0. The Kier molecular flexibility index (Phi) is 6.96. The molecule has 70 valence electrons. The summed E-state index contributed by atoms with van der Waals surface area (Å²) >= 11 is 0. The highest BCUT2D eigenvalue weighted by Gasteiger charge is 1.99. The molecule has 2 atom stereocenters. The molecule has 0 aliphatic rings. The third-order valence-electron chi connectivity index (χ3n) is 2.28. The molecule has 0 aromatic heterocycles. The van der Waals surface area contributed by atoms with Crippen LogP contribution in [0.25, 0.3) is 0 Å². The van der Waals surface area contributed by atoms with Crippen LogP contribution in [0.4, 0.5) is 0 Å². The smallest absolute Gasteiger partial charge is 0.0200 e. The third-order valence-corrected chi connectivity index (χ3v) is 2.28. The first-order valence-electron chi connectivity index (χ1n) is 5.25. The lowest BCUT2D eigenvalue weighted by Gasteiger charge is -2.04. The van der Waals surface area contributed by atoms with E-state index in [0.717, 1.165) is 0 Å². The minimum Gasteiger partial charge on any atom is -0.0999 e. The van der Waals surface area contributed by atoms with E-state index in [0.29, 0.717) is 11.8 Å². The van der Waals surface area contributed by atoms with Crippen LogP contribution in [0.2, 0.25) is 0 Å². The van der Waals surface area contributed by atoms with Gasteiger partial charge in [0.15, 0.2) is 0 Å². The minimum absolute atomic E-state index is 0.580. The first-order valence-corrected chi connectivity index (χ1v) is 5.25. The van der Waals surface area contributed by atoms with Crippen molar-refractivity contribution in [3.05, 3.63) is 0 Å². The summed E-state index contributed by atoms with van der Waals surface area (Å²) in [5.41, 5.74) is 0. The summed E-state index contributed by atoms with van der Waals surface area (Å²) in [5.74, 6) is 7.91. The highest BCUT2D eigenvalue weighted by molar-refractivity contribution is 5.05. The lowest BCUT2D eigenvalue weighted by molar-refractivity contribution is 0.578. The van der Waals surface area contributed by atoms with E-state index in [1.165, 1.54) is 25.7 Å². The minimum atomic E-state index is 0.580. The molecule has 0 rings (SSSR count). The fraction of sp³-hybridized carbons (Fsp3) is 0.833. The Morgan fingerprint density at radius 2 is 1.67 bits per heavy atom. The number of hydrogen-bond donors (Lipinski definition) is 0. The fourth-order valence-corrected chi connectivity index (χ4v) is 1.09. The van der Waals surface area contributed by atoms with Crippen LogP contribution >= 0.6 is 0 Å². The van der Waals surface area contributed by atoms with Gasteiger partial charge in [-0.2, -0.15) is 0 Å². The standard InChI is InChI=1S/C12H22/c1-5-8-12(7-3)10-9-11(4)6-2/h11-12H,5-8H2,1-4H3. The molecule has 0 aromatic carbocycles. The van der Waals surface area contributed by atoms with Crippen molar-refractivity contribution < 1.29 is 0 Å².